The maximum absolute atomic E-state index is 5.58. The van der Waals surface area contributed by atoms with Crippen molar-refractivity contribution in [2.75, 3.05) is 34.2 Å². The van der Waals surface area contributed by atoms with E-state index in [1.54, 1.807) is 33.1 Å². The summed E-state index contributed by atoms with van der Waals surface area (Å²) < 4.78 is 18.9. The van der Waals surface area contributed by atoms with E-state index in [-0.39, 0.29) is 6.04 Å². The molecule has 1 aromatic carbocycles. The van der Waals surface area contributed by atoms with Gasteiger partial charge in [0.2, 0.25) is 0 Å². The SMILES string of the molecule is COCC(C1CCC1)n1c(SC)nc2c(-c3c(OC)cccc3OC)nnnc21. The third kappa shape index (κ3) is 3.42. The number of hydrogen-bond donors (Lipinski definition) is 0. The number of thioether (sulfide) groups is 1. The first-order chi connectivity index (χ1) is 14.2. The van der Waals surface area contributed by atoms with Crippen LogP contribution in [-0.4, -0.2) is 59.2 Å². The van der Waals surface area contributed by atoms with E-state index in [0.717, 1.165) is 10.7 Å². The molecule has 0 bridgehead atoms. The van der Waals surface area contributed by atoms with Gasteiger partial charge in [0.05, 0.1) is 32.4 Å². The van der Waals surface area contributed by atoms with Gasteiger partial charge in [0.15, 0.2) is 10.8 Å². The zero-order valence-corrected chi connectivity index (χ0v) is 17.9. The maximum atomic E-state index is 5.58. The monoisotopic (exact) mass is 415 g/mol. The molecule has 0 radical (unpaired) electrons. The number of benzene rings is 1. The molecule has 1 aliphatic rings. The van der Waals surface area contributed by atoms with Crippen LogP contribution in [0.5, 0.6) is 11.5 Å². The molecule has 9 heteroatoms. The van der Waals surface area contributed by atoms with E-state index in [1.165, 1.54) is 19.3 Å². The minimum atomic E-state index is 0.172. The summed E-state index contributed by atoms with van der Waals surface area (Å²) in [6, 6.07) is 5.80. The normalized spacial score (nSPS) is 15.3. The number of methoxy groups -OCH3 is 3. The van der Waals surface area contributed by atoms with Gasteiger partial charge in [-0.15, -0.1) is 10.2 Å². The molecule has 4 rings (SSSR count). The van der Waals surface area contributed by atoms with Crippen LogP contribution in [0, 0.1) is 5.92 Å². The van der Waals surface area contributed by atoms with Crippen LogP contribution in [0.15, 0.2) is 23.4 Å². The van der Waals surface area contributed by atoms with Gasteiger partial charge < -0.3 is 14.2 Å². The van der Waals surface area contributed by atoms with Crippen LogP contribution < -0.4 is 9.47 Å². The number of nitrogens with zero attached hydrogens (tertiary/aromatic N) is 5. The Kier molecular flexibility index (Phi) is 5.86. The number of rotatable bonds is 8. The lowest BCUT2D eigenvalue weighted by Gasteiger charge is -2.34. The topological polar surface area (TPSA) is 84.2 Å². The van der Waals surface area contributed by atoms with E-state index in [1.807, 2.05) is 24.5 Å². The van der Waals surface area contributed by atoms with Gasteiger partial charge in [-0.05, 0) is 42.4 Å². The third-order valence-electron chi connectivity index (χ3n) is 5.57. The van der Waals surface area contributed by atoms with Crippen LogP contribution in [0.2, 0.25) is 0 Å². The predicted octanol–water partition coefficient (Wildman–Crippen LogP) is 3.62. The first-order valence-electron chi connectivity index (χ1n) is 9.59. The Morgan fingerprint density at radius 1 is 1.14 bits per heavy atom. The number of imidazole rings is 1. The summed E-state index contributed by atoms with van der Waals surface area (Å²) in [4.78, 5) is 4.90. The summed E-state index contributed by atoms with van der Waals surface area (Å²) in [5.41, 5.74) is 2.72. The molecule has 0 aliphatic heterocycles. The highest BCUT2D eigenvalue weighted by Crippen LogP contribution is 2.43. The fourth-order valence-corrected chi connectivity index (χ4v) is 4.53. The predicted molar refractivity (Wildman–Crippen MR) is 112 cm³/mol. The summed E-state index contributed by atoms with van der Waals surface area (Å²) >= 11 is 1.59. The second kappa shape index (κ2) is 8.54. The van der Waals surface area contributed by atoms with Crippen molar-refractivity contribution in [3.8, 4) is 22.8 Å². The van der Waals surface area contributed by atoms with Crippen molar-refractivity contribution >= 4 is 22.9 Å². The van der Waals surface area contributed by atoms with Crippen molar-refractivity contribution in [3.63, 3.8) is 0 Å². The molecule has 1 unspecified atom stereocenters. The molecule has 0 spiro atoms. The molecule has 154 valence electrons. The zero-order valence-electron chi connectivity index (χ0n) is 17.1. The maximum Gasteiger partial charge on any atom is 0.187 e. The highest BCUT2D eigenvalue weighted by atomic mass is 32.2. The van der Waals surface area contributed by atoms with Gasteiger partial charge in [-0.3, -0.25) is 4.57 Å². The number of fused-ring (bicyclic) bond motifs is 1. The highest BCUT2D eigenvalue weighted by molar-refractivity contribution is 7.98. The number of aromatic nitrogens is 5. The molecule has 1 atom stereocenters. The fraction of sp³-hybridized carbons (Fsp3) is 0.500. The Balaban J connectivity index is 1.95. The van der Waals surface area contributed by atoms with E-state index < -0.39 is 0 Å². The van der Waals surface area contributed by atoms with Crippen molar-refractivity contribution < 1.29 is 14.2 Å². The van der Waals surface area contributed by atoms with E-state index in [9.17, 15) is 0 Å². The zero-order chi connectivity index (χ0) is 20.4. The van der Waals surface area contributed by atoms with Crippen LogP contribution in [0.25, 0.3) is 22.4 Å². The summed E-state index contributed by atoms with van der Waals surface area (Å²) in [7, 11) is 4.99. The molecular formula is C20H25N5O3S. The quantitative estimate of drug-likeness (QED) is 0.516. The largest absolute Gasteiger partial charge is 0.496 e. The number of ether oxygens (including phenoxy) is 3. The van der Waals surface area contributed by atoms with Crippen LogP contribution in [0.4, 0.5) is 0 Å². The summed E-state index contributed by atoms with van der Waals surface area (Å²) in [5, 5.41) is 13.7. The molecule has 1 fully saturated rings. The molecule has 0 saturated heterocycles. The van der Waals surface area contributed by atoms with E-state index in [2.05, 4.69) is 20.0 Å². The second-order valence-electron chi connectivity index (χ2n) is 7.03. The van der Waals surface area contributed by atoms with Crippen molar-refractivity contribution in [2.45, 2.75) is 30.5 Å². The number of hydrogen-bond acceptors (Lipinski definition) is 8. The van der Waals surface area contributed by atoms with Crippen molar-refractivity contribution in [1.82, 2.24) is 25.0 Å². The van der Waals surface area contributed by atoms with Crippen molar-refractivity contribution in [2.24, 2.45) is 5.92 Å². The van der Waals surface area contributed by atoms with Crippen LogP contribution in [0.3, 0.4) is 0 Å². The Labute approximate surface area is 174 Å². The molecule has 0 amide bonds. The van der Waals surface area contributed by atoms with Gasteiger partial charge in [0, 0.05) is 7.11 Å². The Morgan fingerprint density at radius 2 is 1.86 bits per heavy atom. The Bertz CT molecular complexity index is 983. The van der Waals surface area contributed by atoms with Gasteiger partial charge in [0.25, 0.3) is 0 Å². The van der Waals surface area contributed by atoms with Gasteiger partial charge in [-0.25, -0.2) is 4.98 Å². The molecule has 1 saturated carbocycles. The molecule has 2 heterocycles. The van der Waals surface area contributed by atoms with Gasteiger partial charge in [0.1, 0.15) is 22.7 Å². The average molecular weight is 416 g/mol. The lowest BCUT2D eigenvalue weighted by Crippen LogP contribution is -2.29. The summed E-state index contributed by atoms with van der Waals surface area (Å²) in [6.07, 6.45) is 5.65. The first-order valence-corrected chi connectivity index (χ1v) is 10.8. The van der Waals surface area contributed by atoms with Crippen LogP contribution in [0.1, 0.15) is 25.3 Å². The fourth-order valence-electron chi connectivity index (χ4n) is 3.93. The van der Waals surface area contributed by atoms with Crippen LogP contribution >= 0.6 is 11.8 Å². The van der Waals surface area contributed by atoms with Gasteiger partial charge in [-0.1, -0.05) is 24.2 Å². The van der Waals surface area contributed by atoms with Crippen LogP contribution in [-0.2, 0) is 4.74 Å². The Morgan fingerprint density at radius 3 is 2.41 bits per heavy atom. The minimum absolute atomic E-state index is 0.172. The molecule has 3 aromatic rings. The molecule has 2 aromatic heterocycles. The molecule has 0 N–H and O–H groups in total. The average Bonchev–Trinajstić information content (AvgIpc) is 3.10. The lowest BCUT2D eigenvalue weighted by atomic mass is 9.80. The first kappa shape index (κ1) is 19.9. The smallest absolute Gasteiger partial charge is 0.187 e. The third-order valence-corrected chi connectivity index (χ3v) is 6.23. The van der Waals surface area contributed by atoms with Crippen molar-refractivity contribution in [1.29, 1.82) is 0 Å². The van der Waals surface area contributed by atoms with E-state index in [4.69, 9.17) is 19.2 Å². The molecule has 29 heavy (non-hydrogen) atoms. The molecule has 1 aliphatic carbocycles. The molecule has 8 nitrogen and oxygen atoms in total. The van der Waals surface area contributed by atoms with Gasteiger partial charge >= 0.3 is 0 Å². The highest BCUT2D eigenvalue weighted by Gasteiger charge is 2.33. The van der Waals surface area contributed by atoms with E-state index >= 15 is 0 Å². The van der Waals surface area contributed by atoms with E-state index in [0.29, 0.717) is 40.9 Å². The summed E-state index contributed by atoms with van der Waals surface area (Å²) in [5.74, 6) is 1.86. The standard InChI is InChI=1S/C20H25N5O3S/c1-26-11-13(12-7-5-8-12)25-19-18(21-20(25)29-4)17(22-24-23-19)16-14(27-2)9-6-10-15(16)28-3/h6,9-10,12-13H,5,7-8,11H2,1-4H3. The Hall–Kier alpha value is -2.39. The summed E-state index contributed by atoms with van der Waals surface area (Å²) in [6.45, 7) is 0.612. The second-order valence-corrected chi connectivity index (χ2v) is 7.80. The van der Waals surface area contributed by atoms with Gasteiger partial charge in [-0.2, -0.15) is 0 Å². The minimum Gasteiger partial charge on any atom is -0.496 e. The van der Waals surface area contributed by atoms with Crippen molar-refractivity contribution in [3.05, 3.63) is 18.2 Å². The molecular weight excluding hydrogens is 390 g/mol. The lowest BCUT2D eigenvalue weighted by molar-refractivity contribution is 0.0907.